The van der Waals surface area contributed by atoms with Crippen LogP contribution in [0.2, 0.25) is 0 Å². The van der Waals surface area contributed by atoms with E-state index in [0.717, 1.165) is 79.0 Å². The van der Waals surface area contributed by atoms with Gasteiger partial charge >= 0.3 is 0 Å². The van der Waals surface area contributed by atoms with Crippen molar-refractivity contribution in [1.29, 1.82) is 0 Å². The fourth-order valence-corrected chi connectivity index (χ4v) is 4.02. The van der Waals surface area contributed by atoms with Crippen LogP contribution in [0.1, 0.15) is 6.42 Å². The zero-order chi connectivity index (χ0) is 20.5. The van der Waals surface area contributed by atoms with Gasteiger partial charge in [-0.05, 0) is 26.1 Å². The minimum Gasteiger partial charge on any atom is -0.369 e. The lowest BCUT2D eigenvalue weighted by Gasteiger charge is -2.32. The van der Waals surface area contributed by atoms with Crippen LogP contribution in [0.15, 0.2) is 30.6 Å². The van der Waals surface area contributed by atoms with Gasteiger partial charge in [0.25, 0.3) is 0 Å². The second-order valence-corrected chi connectivity index (χ2v) is 7.96. The number of likely N-dealkylation sites (N-methyl/N-ethyl adjacent to an activating group) is 1. The van der Waals surface area contributed by atoms with Crippen LogP contribution in [0.5, 0.6) is 0 Å². The summed E-state index contributed by atoms with van der Waals surface area (Å²) in [6.07, 6.45) is 4.73. The van der Waals surface area contributed by atoms with Gasteiger partial charge in [-0.3, -0.25) is 9.78 Å². The van der Waals surface area contributed by atoms with E-state index in [9.17, 15) is 0 Å². The molecule has 0 amide bonds. The SMILES string of the molecule is CN1CCN(CCCNc2nc(-c3cccc4[nH]ncc34)nc3c2cnn3C)CC1. The minimum atomic E-state index is 0.680. The molecular weight excluding hydrogens is 378 g/mol. The van der Waals surface area contributed by atoms with E-state index < -0.39 is 0 Å². The van der Waals surface area contributed by atoms with Gasteiger partial charge in [-0.1, -0.05) is 12.1 Å². The Morgan fingerprint density at radius 1 is 1.03 bits per heavy atom. The van der Waals surface area contributed by atoms with Crippen molar-refractivity contribution in [2.75, 3.05) is 51.6 Å². The topological polar surface area (TPSA) is 90.8 Å². The first kappa shape index (κ1) is 19.0. The first-order chi connectivity index (χ1) is 14.7. The van der Waals surface area contributed by atoms with E-state index in [0.29, 0.717) is 5.82 Å². The molecule has 1 aliphatic rings. The van der Waals surface area contributed by atoms with Crippen molar-refractivity contribution < 1.29 is 0 Å². The Labute approximate surface area is 175 Å². The standard InChI is InChI=1S/C21H27N9/c1-28-9-11-30(12-10-28)8-4-7-22-19-17-14-24-29(2)21(17)26-20(25-19)15-5-3-6-18-16(15)13-23-27-18/h3,5-6,13-14H,4,7-12H2,1-2H3,(H,23,27)(H,22,25,26). The van der Waals surface area contributed by atoms with Crippen molar-refractivity contribution in [2.45, 2.75) is 6.42 Å². The van der Waals surface area contributed by atoms with E-state index in [-0.39, 0.29) is 0 Å². The predicted octanol–water partition coefficient (Wildman–Crippen LogP) is 1.96. The molecule has 4 aromatic rings. The van der Waals surface area contributed by atoms with Gasteiger partial charge in [0.15, 0.2) is 11.5 Å². The summed E-state index contributed by atoms with van der Waals surface area (Å²) in [5, 5.41) is 17.1. The number of aromatic amines is 1. The molecule has 0 bridgehead atoms. The summed E-state index contributed by atoms with van der Waals surface area (Å²) in [5.74, 6) is 1.52. The number of hydrogen-bond donors (Lipinski definition) is 2. The first-order valence-corrected chi connectivity index (χ1v) is 10.5. The third kappa shape index (κ3) is 3.61. The van der Waals surface area contributed by atoms with E-state index in [2.05, 4.69) is 37.5 Å². The predicted molar refractivity (Wildman–Crippen MR) is 118 cm³/mol. The molecule has 4 heterocycles. The van der Waals surface area contributed by atoms with Crippen molar-refractivity contribution in [3.05, 3.63) is 30.6 Å². The summed E-state index contributed by atoms with van der Waals surface area (Å²) >= 11 is 0. The van der Waals surface area contributed by atoms with Crippen LogP contribution in [0, 0.1) is 0 Å². The molecule has 1 aliphatic heterocycles. The average molecular weight is 406 g/mol. The van der Waals surface area contributed by atoms with Crippen LogP contribution in [0.4, 0.5) is 5.82 Å². The van der Waals surface area contributed by atoms with Crippen molar-refractivity contribution in [1.82, 2.24) is 39.7 Å². The second-order valence-electron chi connectivity index (χ2n) is 7.96. The number of aryl methyl sites for hydroxylation is 1. The minimum absolute atomic E-state index is 0.680. The summed E-state index contributed by atoms with van der Waals surface area (Å²) in [7, 11) is 4.10. The Balaban J connectivity index is 1.37. The van der Waals surface area contributed by atoms with Crippen LogP contribution in [-0.2, 0) is 7.05 Å². The highest BCUT2D eigenvalue weighted by Crippen LogP contribution is 2.29. The Hall–Kier alpha value is -3.04. The fraction of sp³-hybridized carbons (Fsp3) is 0.429. The number of piperazine rings is 1. The van der Waals surface area contributed by atoms with Gasteiger partial charge in [0, 0.05) is 50.7 Å². The number of nitrogens with one attached hydrogen (secondary N) is 2. The molecule has 3 aromatic heterocycles. The third-order valence-corrected chi connectivity index (χ3v) is 5.86. The molecule has 30 heavy (non-hydrogen) atoms. The monoisotopic (exact) mass is 405 g/mol. The lowest BCUT2D eigenvalue weighted by molar-refractivity contribution is 0.154. The average Bonchev–Trinajstić information content (AvgIpc) is 3.39. The summed E-state index contributed by atoms with van der Waals surface area (Å²) in [6.45, 7) is 6.56. The largest absolute Gasteiger partial charge is 0.369 e. The maximum absolute atomic E-state index is 4.87. The molecule has 9 nitrogen and oxygen atoms in total. The number of benzene rings is 1. The highest BCUT2D eigenvalue weighted by molar-refractivity contribution is 5.95. The van der Waals surface area contributed by atoms with Gasteiger partial charge in [0.05, 0.1) is 23.3 Å². The molecule has 0 radical (unpaired) electrons. The van der Waals surface area contributed by atoms with Crippen molar-refractivity contribution in [3.63, 3.8) is 0 Å². The molecule has 0 aliphatic carbocycles. The lowest BCUT2D eigenvalue weighted by atomic mass is 10.1. The summed E-state index contributed by atoms with van der Waals surface area (Å²) in [4.78, 5) is 14.6. The molecule has 156 valence electrons. The van der Waals surface area contributed by atoms with E-state index >= 15 is 0 Å². The van der Waals surface area contributed by atoms with Gasteiger partial charge in [-0.25, -0.2) is 9.97 Å². The van der Waals surface area contributed by atoms with Crippen LogP contribution in [0.3, 0.4) is 0 Å². The van der Waals surface area contributed by atoms with E-state index in [1.54, 1.807) is 4.68 Å². The van der Waals surface area contributed by atoms with Gasteiger partial charge in [-0.15, -0.1) is 0 Å². The van der Waals surface area contributed by atoms with Gasteiger partial charge in [0.2, 0.25) is 0 Å². The Kier molecular flexibility index (Phi) is 5.06. The molecule has 1 fully saturated rings. The molecule has 0 atom stereocenters. The highest BCUT2D eigenvalue weighted by Gasteiger charge is 2.16. The Morgan fingerprint density at radius 3 is 2.77 bits per heavy atom. The highest BCUT2D eigenvalue weighted by atomic mass is 15.3. The smallest absolute Gasteiger partial charge is 0.164 e. The van der Waals surface area contributed by atoms with Crippen molar-refractivity contribution >= 4 is 27.8 Å². The van der Waals surface area contributed by atoms with Crippen LogP contribution < -0.4 is 5.32 Å². The van der Waals surface area contributed by atoms with E-state index in [1.807, 2.05) is 37.6 Å². The second kappa shape index (κ2) is 8.00. The number of anilines is 1. The first-order valence-electron chi connectivity index (χ1n) is 10.5. The van der Waals surface area contributed by atoms with Crippen molar-refractivity contribution in [2.24, 2.45) is 7.05 Å². The molecule has 5 rings (SSSR count). The molecule has 2 N–H and O–H groups in total. The maximum Gasteiger partial charge on any atom is 0.164 e. The van der Waals surface area contributed by atoms with Crippen LogP contribution >= 0.6 is 0 Å². The van der Waals surface area contributed by atoms with E-state index in [1.165, 1.54) is 0 Å². The summed E-state index contributed by atoms with van der Waals surface area (Å²) in [5.41, 5.74) is 2.76. The number of aromatic nitrogens is 6. The number of hydrogen-bond acceptors (Lipinski definition) is 7. The Morgan fingerprint density at radius 2 is 1.90 bits per heavy atom. The number of H-pyrrole nitrogens is 1. The lowest BCUT2D eigenvalue weighted by Crippen LogP contribution is -2.44. The van der Waals surface area contributed by atoms with Crippen LogP contribution in [0.25, 0.3) is 33.3 Å². The molecule has 0 saturated carbocycles. The fourth-order valence-electron chi connectivity index (χ4n) is 4.02. The van der Waals surface area contributed by atoms with Gasteiger partial charge in [0.1, 0.15) is 5.82 Å². The number of nitrogens with zero attached hydrogens (tertiary/aromatic N) is 7. The summed E-state index contributed by atoms with van der Waals surface area (Å²) in [6, 6.07) is 6.04. The molecule has 1 aromatic carbocycles. The van der Waals surface area contributed by atoms with Gasteiger partial charge in [-0.2, -0.15) is 10.2 Å². The zero-order valence-corrected chi connectivity index (χ0v) is 17.5. The molecule has 0 spiro atoms. The summed E-state index contributed by atoms with van der Waals surface area (Å²) < 4.78 is 1.80. The third-order valence-electron chi connectivity index (χ3n) is 5.86. The van der Waals surface area contributed by atoms with Crippen LogP contribution in [-0.4, -0.2) is 86.1 Å². The normalized spacial score (nSPS) is 15.9. The van der Waals surface area contributed by atoms with Crippen molar-refractivity contribution in [3.8, 4) is 11.4 Å². The molecule has 0 unspecified atom stereocenters. The zero-order valence-electron chi connectivity index (χ0n) is 17.5. The van der Waals surface area contributed by atoms with E-state index in [4.69, 9.17) is 9.97 Å². The Bertz CT molecular complexity index is 1150. The number of rotatable bonds is 6. The van der Waals surface area contributed by atoms with Gasteiger partial charge < -0.3 is 15.1 Å². The maximum atomic E-state index is 4.87. The molecule has 1 saturated heterocycles. The molecular formula is C21H27N9. The number of fused-ring (bicyclic) bond motifs is 2. The molecule has 9 heteroatoms. The quantitative estimate of drug-likeness (QED) is 0.474.